The largest absolute Gasteiger partial charge is 0.241 e. The number of aromatic nitrogens is 3. The normalized spacial score (nSPS) is 16.2. The van der Waals surface area contributed by atoms with Crippen LogP contribution in [0.15, 0.2) is 137 Å². The topological polar surface area (TPSA) is 84.8 Å². The molecule has 0 radical (unpaired) electrons. The van der Waals surface area contributed by atoms with Crippen molar-refractivity contribution in [2.24, 2.45) is 0 Å². The molecule has 1 aliphatic carbocycles. The van der Waals surface area contributed by atoms with E-state index in [2.05, 4.69) is 33.1 Å². The molecule has 41 heavy (non-hydrogen) atoms. The predicted octanol–water partition coefficient (Wildman–Crippen LogP) is 7.23. The highest BCUT2D eigenvalue weighted by Crippen LogP contribution is 2.53. The van der Waals surface area contributed by atoms with Crippen molar-refractivity contribution in [3.05, 3.63) is 139 Å². The van der Waals surface area contributed by atoms with Crippen molar-refractivity contribution in [1.29, 1.82) is 0 Å². The molecule has 2 atom stereocenters. The summed E-state index contributed by atoms with van der Waals surface area (Å²) >= 11 is 1.43. The molecule has 6 aromatic rings. The van der Waals surface area contributed by atoms with Crippen LogP contribution in [0.2, 0.25) is 0 Å². The summed E-state index contributed by atoms with van der Waals surface area (Å²) in [5.74, 6) is 0. The Labute approximate surface area is 242 Å². The Bertz CT molecular complexity index is 1960. The van der Waals surface area contributed by atoms with Crippen LogP contribution in [-0.4, -0.2) is 23.6 Å². The number of hydrogen-bond donors (Lipinski definition) is 1. The third kappa shape index (κ3) is 4.80. The average Bonchev–Trinajstić information content (AvgIpc) is 3.31. The van der Waals surface area contributed by atoms with Crippen LogP contribution in [0.4, 0.5) is 0 Å². The molecule has 1 heterocycles. The Morgan fingerprint density at radius 3 is 1.85 bits per heavy atom. The molecule has 0 aliphatic heterocycles. The molecule has 200 valence electrons. The van der Waals surface area contributed by atoms with Gasteiger partial charge in [-0.15, -0.1) is 10.2 Å². The molecule has 6 nitrogen and oxygen atoms in total. The van der Waals surface area contributed by atoms with Crippen LogP contribution in [0.25, 0.3) is 33.3 Å². The maximum absolute atomic E-state index is 13.5. The fourth-order valence-corrected chi connectivity index (χ4v) is 7.86. The van der Waals surface area contributed by atoms with Crippen molar-refractivity contribution in [2.45, 2.75) is 21.3 Å². The second-order valence-electron chi connectivity index (χ2n) is 9.77. The van der Waals surface area contributed by atoms with E-state index in [9.17, 15) is 8.42 Å². The first-order valence-electron chi connectivity index (χ1n) is 13.2. The first-order valence-corrected chi connectivity index (χ1v) is 15.6. The molecule has 0 saturated heterocycles. The summed E-state index contributed by atoms with van der Waals surface area (Å²) in [6, 6.07) is 39.9. The van der Waals surface area contributed by atoms with E-state index in [0.29, 0.717) is 10.9 Å². The molecule has 8 heteroatoms. The van der Waals surface area contributed by atoms with E-state index in [4.69, 9.17) is 4.98 Å². The summed E-state index contributed by atoms with van der Waals surface area (Å²) in [6.45, 7) is 0. The van der Waals surface area contributed by atoms with Gasteiger partial charge in [-0.3, -0.25) is 0 Å². The number of hydrogen-bond acceptors (Lipinski definition) is 6. The van der Waals surface area contributed by atoms with Gasteiger partial charge in [-0.1, -0.05) is 127 Å². The molecule has 0 bridgehead atoms. The zero-order valence-corrected chi connectivity index (χ0v) is 23.4. The minimum Gasteiger partial charge on any atom is -0.219 e. The van der Waals surface area contributed by atoms with Gasteiger partial charge < -0.3 is 0 Å². The predicted molar refractivity (Wildman–Crippen MR) is 163 cm³/mol. The van der Waals surface area contributed by atoms with E-state index in [1.807, 2.05) is 78.9 Å². The van der Waals surface area contributed by atoms with Crippen LogP contribution in [0.3, 0.4) is 0 Å². The van der Waals surface area contributed by atoms with Crippen molar-refractivity contribution in [3.63, 3.8) is 0 Å². The third-order valence-electron chi connectivity index (χ3n) is 7.24. The molecule has 0 spiro atoms. The van der Waals surface area contributed by atoms with Crippen molar-refractivity contribution in [2.75, 3.05) is 0 Å². The summed E-state index contributed by atoms with van der Waals surface area (Å²) in [7, 11) is -3.80. The average molecular weight is 573 g/mol. The summed E-state index contributed by atoms with van der Waals surface area (Å²) in [6.07, 6.45) is 0. The first-order chi connectivity index (χ1) is 20.1. The van der Waals surface area contributed by atoms with Gasteiger partial charge in [0, 0.05) is 11.1 Å². The van der Waals surface area contributed by atoms with Gasteiger partial charge in [0.15, 0.2) is 0 Å². The molecular weight excluding hydrogens is 549 g/mol. The SMILES string of the molecule is O=S(=O)(N[C@H]1c2cccc3cccc(c23)[C@@H]1Sc1nnc(-c2ccccc2)c(-c2ccccc2)n1)c1ccccc1. The van der Waals surface area contributed by atoms with Crippen LogP contribution in [0, 0.1) is 0 Å². The van der Waals surface area contributed by atoms with Crippen LogP contribution < -0.4 is 4.72 Å². The monoisotopic (exact) mass is 572 g/mol. The van der Waals surface area contributed by atoms with Gasteiger partial charge in [0.1, 0.15) is 11.4 Å². The summed E-state index contributed by atoms with van der Waals surface area (Å²) in [4.78, 5) is 5.24. The lowest BCUT2D eigenvalue weighted by Gasteiger charge is -2.22. The smallest absolute Gasteiger partial charge is 0.219 e. The number of rotatable bonds is 7. The number of sulfonamides is 1. The minimum atomic E-state index is -3.80. The van der Waals surface area contributed by atoms with E-state index in [1.165, 1.54) is 11.8 Å². The molecular formula is C33H24N4O2S2. The van der Waals surface area contributed by atoms with E-state index >= 15 is 0 Å². The number of thioether (sulfide) groups is 1. The van der Waals surface area contributed by atoms with E-state index in [-0.39, 0.29) is 10.1 Å². The lowest BCUT2D eigenvalue weighted by atomic mass is 10.0. The van der Waals surface area contributed by atoms with Crippen molar-refractivity contribution in [1.82, 2.24) is 19.9 Å². The number of nitrogens with one attached hydrogen (secondary N) is 1. The van der Waals surface area contributed by atoms with Crippen LogP contribution in [0.5, 0.6) is 0 Å². The highest BCUT2D eigenvalue weighted by Gasteiger charge is 2.38. The first kappa shape index (κ1) is 25.6. The molecule has 7 rings (SSSR count). The second-order valence-corrected chi connectivity index (χ2v) is 12.6. The zero-order valence-electron chi connectivity index (χ0n) is 21.8. The van der Waals surface area contributed by atoms with E-state index in [0.717, 1.165) is 38.7 Å². The van der Waals surface area contributed by atoms with Crippen molar-refractivity contribution in [3.8, 4) is 22.5 Å². The van der Waals surface area contributed by atoms with Crippen LogP contribution in [-0.2, 0) is 10.0 Å². The molecule has 1 aromatic heterocycles. The number of nitrogens with zero attached hydrogens (tertiary/aromatic N) is 3. The zero-order chi connectivity index (χ0) is 27.8. The van der Waals surface area contributed by atoms with Gasteiger partial charge in [-0.05, 0) is 34.0 Å². The fraction of sp³-hybridized carbons (Fsp3) is 0.0606. The summed E-state index contributed by atoms with van der Waals surface area (Å²) in [5, 5.41) is 11.5. The van der Waals surface area contributed by atoms with Gasteiger partial charge >= 0.3 is 0 Å². The van der Waals surface area contributed by atoms with Crippen LogP contribution in [0.1, 0.15) is 22.4 Å². The molecule has 1 aliphatic rings. The summed E-state index contributed by atoms with van der Waals surface area (Å²) in [5.41, 5.74) is 5.26. The Morgan fingerprint density at radius 1 is 0.610 bits per heavy atom. The highest BCUT2D eigenvalue weighted by molar-refractivity contribution is 7.99. The quantitative estimate of drug-likeness (QED) is 0.217. The number of benzene rings is 5. The molecule has 5 aromatic carbocycles. The molecule has 0 unspecified atom stereocenters. The Kier molecular flexibility index (Phi) is 6.59. The van der Waals surface area contributed by atoms with E-state index in [1.54, 1.807) is 30.3 Å². The molecule has 0 saturated carbocycles. The maximum atomic E-state index is 13.5. The van der Waals surface area contributed by atoms with Crippen molar-refractivity contribution >= 4 is 32.6 Å². The van der Waals surface area contributed by atoms with Gasteiger partial charge in [0.25, 0.3) is 0 Å². The van der Waals surface area contributed by atoms with Crippen LogP contribution >= 0.6 is 11.8 Å². The molecule has 1 N–H and O–H groups in total. The van der Waals surface area contributed by atoms with Crippen molar-refractivity contribution < 1.29 is 8.42 Å². The second kappa shape index (κ2) is 10.6. The minimum absolute atomic E-state index is 0.225. The van der Waals surface area contributed by atoms with Gasteiger partial charge in [-0.25, -0.2) is 18.1 Å². The van der Waals surface area contributed by atoms with Gasteiger partial charge in [0.2, 0.25) is 15.2 Å². The van der Waals surface area contributed by atoms with E-state index < -0.39 is 16.1 Å². The van der Waals surface area contributed by atoms with Gasteiger partial charge in [-0.2, -0.15) is 0 Å². The Morgan fingerprint density at radius 2 is 1.20 bits per heavy atom. The third-order valence-corrected chi connectivity index (χ3v) is 9.86. The molecule has 0 amide bonds. The fourth-order valence-electron chi connectivity index (χ4n) is 5.39. The maximum Gasteiger partial charge on any atom is 0.241 e. The standard InChI is InChI=1S/C33H24N4O2S2/c38-41(39,25-18-8-3-9-19-25)37-31-26-20-10-16-22-17-11-21-27(28(22)26)32(31)40-33-34-29(23-12-4-1-5-13-23)30(35-36-33)24-14-6-2-7-15-24/h1-21,31-32,37H/t31-,32-/m0/s1. The summed E-state index contributed by atoms with van der Waals surface area (Å²) < 4.78 is 30.1. The lowest BCUT2D eigenvalue weighted by molar-refractivity contribution is 0.557. The highest BCUT2D eigenvalue weighted by atomic mass is 32.2. The molecule has 0 fully saturated rings. The van der Waals surface area contributed by atoms with Gasteiger partial charge in [0.05, 0.1) is 16.2 Å². The Hall–Kier alpha value is -4.37. The Balaban J connectivity index is 1.33. The lowest BCUT2D eigenvalue weighted by Crippen LogP contribution is -2.30.